The van der Waals surface area contributed by atoms with Crippen LogP contribution in [0.2, 0.25) is 0 Å². The quantitative estimate of drug-likeness (QED) is 0.883. The highest BCUT2D eigenvalue weighted by Crippen LogP contribution is 2.26. The van der Waals surface area contributed by atoms with Crippen LogP contribution in [0.25, 0.3) is 0 Å². The first-order valence-electron chi connectivity index (χ1n) is 7.48. The number of carbonyl (C=O) groups excluding carboxylic acids is 1. The summed E-state index contributed by atoms with van der Waals surface area (Å²) in [6, 6.07) is 11.6. The van der Waals surface area contributed by atoms with Crippen LogP contribution in [0, 0.1) is 0 Å². The van der Waals surface area contributed by atoms with Gasteiger partial charge in [0.15, 0.2) is 9.84 Å². The first-order valence-corrected chi connectivity index (χ1v) is 9.30. The zero-order valence-corrected chi connectivity index (χ0v) is 13.6. The molecule has 1 aliphatic rings. The number of carbonyl (C=O) groups is 1. The fourth-order valence-electron chi connectivity index (χ4n) is 2.42. The van der Waals surface area contributed by atoms with Gasteiger partial charge in [-0.1, -0.05) is 18.2 Å². The monoisotopic (exact) mass is 347 g/mol. The molecule has 1 fully saturated rings. The zero-order valence-electron chi connectivity index (χ0n) is 12.8. The molecule has 1 unspecified atom stereocenters. The number of nitrogens with zero attached hydrogens (tertiary/aromatic N) is 1. The van der Waals surface area contributed by atoms with Gasteiger partial charge in [0, 0.05) is 12.2 Å². The highest BCUT2D eigenvalue weighted by Gasteiger charge is 2.29. The van der Waals surface area contributed by atoms with Crippen molar-refractivity contribution in [3.63, 3.8) is 0 Å². The smallest absolute Gasteiger partial charge is 0.319 e. The molecule has 8 heteroatoms. The second kappa shape index (κ2) is 6.88. The minimum atomic E-state index is -3.04. The number of amides is 2. The molecular weight excluding hydrogens is 330 g/mol. The van der Waals surface area contributed by atoms with Crippen molar-refractivity contribution in [3.05, 3.63) is 48.7 Å². The lowest BCUT2D eigenvalue weighted by molar-refractivity contribution is 0.249. The molecule has 1 saturated heterocycles. The number of ether oxygens (including phenoxy) is 1. The van der Waals surface area contributed by atoms with Gasteiger partial charge in [-0.2, -0.15) is 0 Å². The van der Waals surface area contributed by atoms with E-state index < -0.39 is 15.9 Å². The molecule has 1 atom stereocenters. The third-order valence-electron chi connectivity index (χ3n) is 3.54. The summed E-state index contributed by atoms with van der Waals surface area (Å²) in [5, 5.41) is 5.31. The number of hydrogen-bond donors (Lipinski definition) is 2. The van der Waals surface area contributed by atoms with Gasteiger partial charge in [-0.3, -0.25) is 0 Å². The molecule has 2 amide bonds. The number of rotatable bonds is 4. The number of hydrogen-bond acceptors (Lipinski definition) is 5. The molecular formula is C16H17N3O4S. The standard InChI is InChI=1S/C16H17N3O4S/c20-16(18-12-8-10-24(21,22)11-12)19-14-7-4-9-17-15(14)23-13-5-2-1-3-6-13/h1-7,9,12H,8,10-11H2,(H2,18,19,20). The highest BCUT2D eigenvalue weighted by molar-refractivity contribution is 7.91. The van der Waals surface area contributed by atoms with Crippen molar-refractivity contribution in [3.8, 4) is 11.6 Å². The minimum Gasteiger partial charge on any atom is -0.437 e. The summed E-state index contributed by atoms with van der Waals surface area (Å²) in [5.41, 5.74) is 0.403. The number of urea groups is 1. The lowest BCUT2D eigenvalue weighted by Gasteiger charge is -2.14. The molecule has 1 aromatic carbocycles. The Balaban J connectivity index is 1.66. The van der Waals surface area contributed by atoms with E-state index in [-0.39, 0.29) is 23.4 Å². The Labute approximate surface area is 140 Å². The van der Waals surface area contributed by atoms with E-state index in [4.69, 9.17) is 4.74 Å². The number of pyridine rings is 1. The van der Waals surface area contributed by atoms with Crippen molar-refractivity contribution in [2.24, 2.45) is 0 Å². The number of benzene rings is 1. The van der Waals surface area contributed by atoms with Gasteiger partial charge in [0.1, 0.15) is 11.4 Å². The van der Waals surface area contributed by atoms with Crippen molar-refractivity contribution < 1.29 is 17.9 Å². The SMILES string of the molecule is O=C(Nc1cccnc1Oc1ccccc1)NC1CCS(=O)(=O)C1. The van der Waals surface area contributed by atoms with Crippen molar-refractivity contribution in [1.29, 1.82) is 0 Å². The van der Waals surface area contributed by atoms with E-state index in [1.165, 1.54) is 0 Å². The van der Waals surface area contributed by atoms with Gasteiger partial charge >= 0.3 is 6.03 Å². The molecule has 2 N–H and O–H groups in total. The lowest BCUT2D eigenvalue weighted by atomic mass is 10.3. The molecule has 2 heterocycles. The molecule has 0 bridgehead atoms. The Hall–Kier alpha value is -2.61. The van der Waals surface area contributed by atoms with E-state index in [2.05, 4.69) is 15.6 Å². The number of para-hydroxylation sites is 1. The average Bonchev–Trinajstić information content (AvgIpc) is 2.89. The van der Waals surface area contributed by atoms with Crippen molar-refractivity contribution in [2.45, 2.75) is 12.5 Å². The van der Waals surface area contributed by atoms with Crippen LogP contribution in [0.1, 0.15) is 6.42 Å². The fraction of sp³-hybridized carbons (Fsp3) is 0.250. The van der Waals surface area contributed by atoms with Gasteiger partial charge in [0.05, 0.1) is 11.5 Å². The first kappa shape index (κ1) is 16.3. The average molecular weight is 347 g/mol. The molecule has 1 aromatic heterocycles. The van der Waals surface area contributed by atoms with Crippen LogP contribution in [0.4, 0.5) is 10.5 Å². The second-order valence-electron chi connectivity index (χ2n) is 5.47. The molecule has 7 nitrogen and oxygen atoms in total. The summed E-state index contributed by atoms with van der Waals surface area (Å²) in [5.74, 6) is 0.938. The Morgan fingerprint density at radius 3 is 2.67 bits per heavy atom. The van der Waals surface area contributed by atoms with Crippen LogP contribution in [-0.2, 0) is 9.84 Å². The number of anilines is 1. The van der Waals surface area contributed by atoms with Gasteiger partial charge in [-0.15, -0.1) is 0 Å². The Bertz CT molecular complexity index is 824. The molecule has 2 aromatic rings. The molecule has 0 aliphatic carbocycles. The van der Waals surface area contributed by atoms with E-state index in [9.17, 15) is 13.2 Å². The molecule has 126 valence electrons. The van der Waals surface area contributed by atoms with Crippen LogP contribution in [-0.4, -0.2) is 37.0 Å². The maximum atomic E-state index is 12.1. The van der Waals surface area contributed by atoms with Gasteiger partial charge in [0.25, 0.3) is 0 Å². The second-order valence-corrected chi connectivity index (χ2v) is 7.70. The molecule has 1 aliphatic heterocycles. The molecule has 0 spiro atoms. The van der Waals surface area contributed by atoms with E-state index in [0.29, 0.717) is 17.9 Å². The van der Waals surface area contributed by atoms with Gasteiger partial charge < -0.3 is 15.4 Å². The Kier molecular flexibility index (Phi) is 4.66. The van der Waals surface area contributed by atoms with Crippen LogP contribution in [0.5, 0.6) is 11.6 Å². The van der Waals surface area contributed by atoms with Crippen LogP contribution >= 0.6 is 0 Å². The fourth-order valence-corrected chi connectivity index (χ4v) is 4.09. The zero-order chi connectivity index (χ0) is 17.0. The topological polar surface area (TPSA) is 97.4 Å². The predicted octanol–water partition coefficient (Wildman–Crippen LogP) is 2.18. The Morgan fingerprint density at radius 2 is 1.96 bits per heavy atom. The van der Waals surface area contributed by atoms with Gasteiger partial charge in [0.2, 0.25) is 5.88 Å². The third kappa shape index (κ3) is 4.23. The normalized spacial score (nSPS) is 18.8. The molecule has 24 heavy (non-hydrogen) atoms. The maximum absolute atomic E-state index is 12.1. The van der Waals surface area contributed by atoms with E-state index in [0.717, 1.165) is 0 Å². The maximum Gasteiger partial charge on any atom is 0.319 e. The number of aromatic nitrogens is 1. The van der Waals surface area contributed by atoms with E-state index in [1.807, 2.05) is 18.2 Å². The Morgan fingerprint density at radius 1 is 1.17 bits per heavy atom. The molecule has 3 rings (SSSR count). The highest BCUT2D eigenvalue weighted by atomic mass is 32.2. The van der Waals surface area contributed by atoms with Gasteiger partial charge in [-0.05, 0) is 30.7 Å². The van der Waals surface area contributed by atoms with Crippen molar-refractivity contribution in [1.82, 2.24) is 10.3 Å². The van der Waals surface area contributed by atoms with E-state index in [1.54, 1.807) is 30.5 Å². The van der Waals surface area contributed by atoms with Crippen LogP contribution in [0.15, 0.2) is 48.7 Å². The predicted molar refractivity (Wildman–Crippen MR) is 90.0 cm³/mol. The summed E-state index contributed by atoms with van der Waals surface area (Å²) in [6.45, 7) is 0. The van der Waals surface area contributed by atoms with Crippen molar-refractivity contribution >= 4 is 21.6 Å². The summed E-state index contributed by atoms with van der Waals surface area (Å²) in [4.78, 5) is 16.2. The van der Waals surface area contributed by atoms with Crippen LogP contribution < -0.4 is 15.4 Å². The summed E-state index contributed by atoms with van der Waals surface area (Å²) >= 11 is 0. The summed E-state index contributed by atoms with van der Waals surface area (Å²) in [6.07, 6.45) is 1.99. The number of sulfone groups is 1. The van der Waals surface area contributed by atoms with Crippen molar-refractivity contribution in [2.75, 3.05) is 16.8 Å². The minimum absolute atomic E-state index is 0.0270. The third-order valence-corrected chi connectivity index (χ3v) is 5.31. The van der Waals surface area contributed by atoms with Gasteiger partial charge in [-0.25, -0.2) is 18.2 Å². The lowest BCUT2D eigenvalue weighted by Crippen LogP contribution is -2.38. The summed E-state index contributed by atoms with van der Waals surface area (Å²) in [7, 11) is -3.04. The van der Waals surface area contributed by atoms with Crippen LogP contribution in [0.3, 0.4) is 0 Å². The molecule has 0 saturated carbocycles. The summed E-state index contributed by atoms with van der Waals surface area (Å²) < 4.78 is 28.5. The van der Waals surface area contributed by atoms with E-state index >= 15 is 0 Å². The molecule has 0 radical (unpaired) electrons. The first-order chi connectivity index (χ1) is 11.5. The number of nitrogens with one attached hydrogen (secondary N) is 2. The largest absolute Gasteiger partial charge is 0.437 e.